The molecule has 1 aromatic heterocycles. The molecule has 3 rings (SSSR count). The molecule has 1 N–H and O–H groups in total. The Morgan fingerprint density at radius 2 is 2.31 bits per heavy atom. The van der Waals surface area contributed by atoms with Crippen molar-refractivity contribution >= 4 is 11.3 Å². The minimum atomic E-state index is 0.283. The van der Waals surface area contributed by atoms with E-state index in [0.717, 1.165) is 6.54 Å². The van der Waals surface area contributed by atoms with Gasteiger partial charge < -0.3 is 10.1 Å². The van der Waals surface area contributed by atoms with Crippen molar-refractivity contribution in [3.8, 4) is 0 Å². The third-order valence-electron chi connectivity index (χ3n) is 3.84. The second-order valence-corrected chi connectivity index (χ2v) is 5.80. The van der Waals surface area contributed by atoms with E-state index in [4.69, 9.17) is 4.74 Å². The van der Waals surface area contributed by atoms with Crippen LogP contribution in [0.15, 0.2) is 11.4 Å². The maximum atomic E-state index is 6.26. The fourth-order valence-corrected chi connectivity index (χ4v) is 4.23. The third-order valence-corrected chi connectivity index (χ3v) is 4.91. The van der Waals surface area contributed by atoms with Crippen molar-refractivity contribution in [3.63, 3.8) is 0 Å². The summed E-state index contributed by atoms with van der Waals surface area (Å²) in [6.45, 7) is 0.937. The minimum absolute atomic E-state index is 0.283. The highest BCUT2D eigenvalue weighted by molar-refractivity contribution is 7.10. The lowest BCUT2D eigenvalue weighted by Crippen LogP contribution is -2.35. The van der Waals surface area contributed by atoms with Gasteiger partial charge in [0, 0.05) is 17.3 Å². The summed E-state index contributed by atoms with van der Waals surface area (Å²) >= 11 is 1.93. The molecule has 1 aliphatic heterocycles. The molecule has 3 heteroatoms. The highest BCUT2D eigenvalue weighted by Crippen LogP contribution is 2.46. The predicted molar refractivity (Wildman–Crippen MR) is 67.1 cm³/mol. The quantitative estimate of drug-likeness (QED) is 0.853. The smallest absolute Gasteiger partial charge is 0.0963 e. The van der Waals surface area contributed by atoms with Crippen LogP contribution in [0.3, 0.4) is 0 Å². The SMILES string of the molecule is CNC[C@@H]1O[C@@H]2CCCC[C@@H]2c2sccc21. The third kappa shape index (κ3) is 1.71. The molecular formula is C13H19NOS. The van der Waals surface area contributed by atoms with Gasteiger partial charge in [0.15, 0.2) is 0 Å². The zero-order chi connectivity index (χ0) is 11.0. The molecule has 16 heavy (non-hydrogen) atoms. The molecule has 1 aromatic rings. The van der Waals surface area contributed by atoms with Crippen molar-refractivity contribution in [2.45, 2.75) is 43.8 Å². The first-order valence-electron chi connectivity index (χ1n) is 6.27. The summed E-state index contributed by atoms with van der Waals surface area (Å²) in [4.78, 5) is 1.61. The summed E-state index contributed by atoms with van der Waals surface area (Å²) in [5.74, 6) is 0.692. The van der Waals surface area contributed by atoms with Gasteiger partial charge in [-0.15, -0.1) is 11.3 Å². The summed E-state index contributed by atoms with van der Waals surface area (Å²) in [5.41, 5.74) is 1.45. The normalized spacial score (nSPS) is 33.2. The van der Waals surface area contributed by atoms with Crippen LogP contribution >= 0.6 is 11.3 Å². The Labute approximate surface area is 101 Å². The first-order chi connectivity index (χ1) is 7.90. The van der Waals surface area contributed by atoms with E-state index in [9.17, 15) is 0 Å². The Morgan fingerprint density at radius 1 is 1.44 bits per heavy atom. The highest BCUT2D eigenvalue weighted by Gasteiger charge is 2.37. The fraction of sp³-hybridized carbons (Fsp3) is 0.692. The molecule has 0 saturated heterocycles. The van der Waals surface area contributed by atoms with Crippen LogP contribution in [0.25, 0.3) is 0 Å². The number of nitrogens with one attached hydrogen (secondary N) is 1. The van der Waals surface area contributed by atoms with Crippen LogP contribution in [0.5, 0.6) is 0 Å². The molecule has 3 atom stereocenters. The van der Waals surface area contributed by atoms with Crippen molar-refractivity contribution in [2.24, 2.45) is 0 Å². The molecule has 0 bridgehead atoms. The van der Waals surface area contributed by atoms with E-state index < -0.39 is 0 Å². The lowest BCUT2D eigenvalue weighted by molar-refractivity contribution is -0.0541. The number of likely N-dealkylation sites (N-methyl/N-ethyl adjacent to an activating group) is 1. The average Bonchev–Trinajstić information content (AvgIpc) is 2.79. The molecule has 2 nitrogen and oxygen atoms in total. The zero-order valence-corrected chi connectivity index (χ0v) is 10.6. The van der Waals surface area contributed by atoms with Gasteiger partial charge in [-0.3, -0.25) is 0 Å². The van der Waals surface area contributed by atoms with Crippen LogP contribution in [0.2, 0.25) is 0 Å². The molecule has 1 fully saturated rings. The van der Waals surface area contributed by atoms with Crippen molar-refractivity contribution in [3.05, 3.63) is 21.9 Å². The van der Waals surface area contributed by atoms with Gasteiger partial charge in [0.1, 0.15) is 0 Å². The van der Waals surface area contributed by atoms with E-state index in [1.807, 2.05) is 18.4 Å². The highest BCUT2D eigenvalue weighted by atomic mass is 32.1. The van der Waals surface area contributed by atoms with Gasteiger partial charge in [-0.25, -0.2) is 0 Å². The molecule has 88 valence electrons. The van der Waals surface area contributed by atoms with Gasteiger partial charge in [-0.05, 0) is 36.9 Å². The summed E-state index contributed by atoms with van der Waals surface area (Å²) in [6.07, 6.45) is 6.06. The number of fused-ring (bicyclic) bond motifs is 3. The Bertz CT molecular complexity index is 363. The van der Waals surface area contributed by atoms with Crippen molar-refractivity contribution in [1.82, 2.24) is 5.32 Å². The molecule has 0 aromatic carbocycles. The van der Waals surface area contributed by atoms with Gasteiger partial charge >= 0.3 is 0 Å². The van der Waals surface area contributed by atoms with Crippen LogP contribution in [0.1, 0.15) is 48.1 Å². The molecule has 0 radical (unpaired) electrons. The zero-order valence-electron chi connectivity index (χ0n) is 9.74. The maximum Gasteiger partial charge on any atom is 0.0963 e. The standard InChI is InChI=1S/C13H19NOS/c1-14-8-12-10-6-7-16-13(10)9-4-2-3-5-11(9)15-12/h6-7,9,11-12,14H,2-5,8H2,1H3/t9-,11+,12-/m0/s1. The Morgan fingerprint density at radius 3 is 3.19 bits per heavy atom. The molecule has 0 amide bonds. The number of hydrogen-bond donors (Lipinski definition) is 1. The number of hydrogen-bond acceptors (Lipinski definition) is 3. The predicted octanol–water partition coefficient (Wildman–Crippen LogP) is 3.07. The maximum absolute atomic E-state index is 6.26. The van der Waals surface area contributed by atoms with E-state index in [-0.39, 0.29) is 6.10 Å². The summed E-state index contributed by atoms with van der Waals surface area (Å²) in [5, 5.41) is 5.47. The van der Waals surface area contributed by atoms with E-state index >= 15 is 0 Å². The van der Waals surface area contributed by atoms with Gasteiger partial charge in [0.2, 0.25) is 0 Å². The molecular weight excluding hydrogens is 218 g/mol. The molecule has 0 spiro atoms. The first-order valence-corrected chi connectivity index (χ1v) is 7.15. The monoisotopic (exact) mass is 237 g/mol. The van der Waals surface area contributed by atoms with Gasteiger partial charge in [0.25, 0.3) is 0 Å². The summed E-state index contributed by atoms with van der Waals surface area (Å²) < 4.78 is 6.26. The van der Waals surface area contributed by atoms with Crippen molar-refractivity contribution in [2.75, 3.05) is 13.6 Å². The topological polar surface area (TPSA) is 21.3 Å². The second-order valence-electron chi connectivity index (χ2n) is 4.85. The lowest BCUT2D eigenvalue weighted by Gasteiger charge is -2.39. The van der Waals surface area contributed by atoms with Crippen molar-refractivity contribution < 1.29 is 4.74 Å². The number of thiophene rings is 1. The molecule has 2 heterocycles. The Kier molecular flexibility index (Phi) is 3.01. The molecule has 1 aliphatic carbocycles. The van der Waals surface area contributed by atoms with E-state index in [1.54, 1.807) is 4.88 Å². The fourth-order valence-electron chi connectivity index (χ4n) is 3.09. The average molecular weight is 237 g/mol. The van der Waals surface area contributed by atoms with Crippen LogP contribution in [0, 0.1) is 0 Å². The van der Waals surface area contributed by atoms with Crippen LogP contribution in [-0.2, 0) is 4.74 Å². The largest absolute Gasteiger partial charge is 0.368 e. The minimum Gasteiger partial charge on any atom is -0.368 e. The second kappa shape index (κ2) is 4.47. The van der Waals surface area contributed by atoms with Gasteiger partial charge in [-0.2, -0.15) is 0 Å². The molecule has 0 unspecified atom stereocenters. The summed E-state index contributed by atoms with van der Waals surface area (Å²) in [6, 6.07) is 2.26. The molecule has 2 aliphatic rings. The van der Waals surface area contributed by atoms with E-state index in [0.29, 0.717) is 12.0 Å². The van der Waals surface area contributed by atoms with E-state index in [1.165, 1.54) is 31.2 Å². The summed E-state index contributed by atoms with van der Waals surface area (Å²) in [7, 11) is 2.00. The Balaban J connectivity index is 1.92. The van der Waals surface area contributed by atoms with E-state index in [2.05, 4.69) is 16.8 Å². The molecule has 1 saturated carbocycles. The lowest BCUT2D eigenvalue weighted by atomic mass is 9.81. The van der Waals surface area contributed by atoms with Crippen LogP contribution in [0.4, 0.5) is 0 Å². The van der Waals surface area contributed by atoms with Gasteiger partial charge in [0.05, 0.1) is 12.2 Å². The van der Waals surface area contributed by atoms with Crippen LogP contribution in [-0.4, -0.2) is 19.7 Å². The Hall–Kier alpha value is -0.380. The number of rotatable bonds is 2. The van der Waals surface area contributed by atoms with Gasteiger partial charge in [-0.1, -0.05) is 12.8 Å². The number of ether oxygens (including phenoxy) is 1. The van der Waals surface area contributed by atoms with Crippen molar-refractivity contribution in [1.29, 1.82) is 0 Å². The van der Waals surface area contributed by atoms with Crippen LogP contribution < -0.4 is 5.32 Å². The first kappa shape index (κ1) is 10.8.